The van der Waals surface area contributed by atoms with Gasteiger partial charge in [-0.3, -0.25) is 5.32 Å². The molecule has 1 aliphatic carbocycles. The molecule has 16 heavy (non-hydrogen) atoms. The maximum Gasteiger partial charge on any atom is 0.111 e. The standard InChI is InChI=1S/C12H24N2O2/c1-8-9(2)14(16)12(13-8)11(15)10-6-4-3-5-7-10/h8-13,15-16H,3-7H2,1-2H3/t8?,9?,11-,12?/m1/s1. The van der Waals surface area contributed by atoms with E-state index in [-0.39, 0.29) is 18.2 Å². The van der Waals surface area contributed by atoms with Gasteiger partial charge in [0, 0.05) is 12.1 Å². The molecule has 0 bridgehead atoms. The average molecular weight is 228 g/mol. The van der Waals surface area contributed by atoms with Crippen molar-refractivity contribution >= 4 is 0 Å². The Morgan fingerprint density at radius 1 is 1.19 bits per heavy atom. The second kappa shape index (κ2) is 5.00. The molecule has 1 saturated carbocycles. The number of aliphatic hydroxyl groups is 1. The Morgan fingerprint density at radius 2 is 1.81 bits per heavy atom. The third-order valence-electron chi connectivity index (χ3n) is 4.32. The van der Waals surface area contributed by atoms with Crippen LogP contribution in [0.25, 0.3) is 0 Å². The minimum atomic E-state index is -0.447. The summed E-state index contributed by atoms with van der Waals surface area (Å²) in [6.07, 6.45) is 5.17. The Bertz CT molecular complexity index is 231. The molecule has 1 saturated heterocycles. The Morgan fingerprint density at radius 3 is 2.31 bits per heavy atom. The van der Waals surface area contributed by atoms with Crippen molar-refractivity contribution in [1.29, 1.82) is 0 Å². The highest BCUT2D eigenvalue weighted by atomic mass is 16.5. The summed E-state index contributed by atoms with van der Waals surface area (Å²) in [6, 6.07) is 0.302. The molecule has 2 rings (SSSR count). The van der Waals surface area contributed by atoms with E-state index in [1.165, 1.54) is 24.3 Å². The predicted molar refractivity (Wildman–Crippen MR) is 62.1 cm³/mol. The number of hydrogen-bond donors (Lipinski definition) is 3. The van der Waals surface area contributed by atoms with E-state index >= 15 is 0 Å². The van der Waals surface area contributed by atoms with Crippen molar-refractivity contribution in [2.75, 3.05) is 0 Å². The Kier molecular flexibility index (Phi) is 3.85. The van der Waals surface area contributed by atoms with Gasteiger partial charge in [-0.2, -0.15) is 5.06 Å². The van der Waals surface area contributed by atoms with Gasteiger partial charge >= 0.3 is 0 Å². The molecular formula is C12H24N2O2. The van der Waals surface area contributed by atoms with Gasteiger partial charge in [0.15, 0.2) is 0 Å². The van der Waals surface area contributed by atoms with E-state index in [0.29, 0.717) is 5.92 Å². The number of hydroxylamine groups is 2. The van der Waals surface area contributed by atoms with E-state index in [0.717, 1.165) is 12.8 Å². The molecule has 0 amide bonds. The molecule has 0 aromatic rings. The zero-order valence-corrected chi connectivity index (χ0v) is 10.3. The summed E-state index contributed by atoms with van der Waals surface area (Å²) < 4.78 is 0. The van der Waals surface area contributed by atoms with Gasteiger partial charge in [-0.15, -0.1) is 0 Å². The summed E-state index contributed by atoms with van der Waals surface area (Å²) in [5, 5.41) is 24.8. The fraction of sp³-hybridized carbons (Fsp3) is 1.00. The van der Waals surface area contributed by atoms with Crippen LogP contribution in [0.4, 0.5) is 0 Å². The Labute approximate surface area is 97.6 Å². The molecule has 3 unspecified atom stereocenters. The third-order valence-corrected chi connectivity index (χ3v) is 4.32. The molecule has 1 aliphatic heterocycles. The quantitative estimate of drug-likeness (QED) is 0.667. The number of nitrogens with one attached hydrogen (secondary N) is 1. The third kappa shape index (κ3) is 2.25. The van der Waals surface area contributed by atoms with Crippen molar-refractivity contribution in [3.05, 3.63) is 0 Å². The van der Waals surface area contributed by atoms with Crippen LogP contribution in [0.5, 0.6) is 0 Å². The minimum absolute atomic E-state index is 0.0724. The number of rotatable bonds is 2. The molecule has 0 radical (unpaired) electrons. The van der Waals surface area contributed by atoms with Crippen molar-refractivity contribution in [1.82, 2.24) is 10.4 Å². The highest BCUT2D eigenvalue weighted by Gasteiger charge is 2.41. The normalized spacial score (nSPS) is 40.1. The Balaban J connectivity index is 1.96. The predicted octanol–water partition coefficient (Wildman–Crippen LogP) is 1.33. The van der Waals surface area contributed by atoms with Crippen molar-refractivity contribution in [2.24, 2.45) is 5.92 Å². The molecule has 2 aliphatic rings. The lowest BCUT2D eigenvalue weighted by molar-refractivity contribution is -0.167. The van der Waals surface area contributed by atoms with Crippen molar-refractivity contribution in [3.63, 3.8) is 0 Å². The first-order valence-corrected chi connectivity index (χ1v) is 6.52. The summed E-state index contributed by atoms with van der Waals surface area (Å²) in [5.41, 5.74) is 0. The van der Waals surface area contributed by atoms with Gasteiger partial charge in [-0.1, -0.05) is 19.3 Å². The van der Waals surface area contributed by atoms with E-state index in [4.69, 9.17) is 0 Å². The monoisotopic (exact) mass is 228 g/mol. The largest absolute Gasteiger partial charge is 0.390 e. The zero-order chi connectivity index (χ0) is 11.7. The number of nitrogens with zero attached hydrogens (tertiary/aromatic N) is 1. The van der Waals surface area contributed by atoms with Crippen molar-refractivity contribution in [3.8, 4) is 0 Å². The lowest BCUT2D eigenvalue weighted by Gasteiger charge is -2.33. The Hall–Kier alpha value is -0.160. The van der Waals surface area contributed by atoms with Crippen LogP contribution in [-0.2, 0) is 0 Å². The molecule has 4 atom stereocenters. The van der Waals surface area contributed by atoms with Crippen LogP contribution >= 0.6 is 0 Å². The highest BCUT2D eigenvalue weighted by molar-refractivity contribution is 4.92. The average Bonchev–Trinajstić information content (AvgIpc) is 2.57. The minimum Gasteiger partial charge on any atom is -0.390 e. The first-order valence-electron chi connectivity index (χ1n) is 6.52. The molecular weight excluding hydrogens is 204 g/mol. The first kappa shape index (κ1) is 12.3. The molecule has 0 aromatic heterocycles. The van der Waals surface area contributed by atoms with Gasteiger partial charge < -0.3 is 10.3 Å². The van der Waals surface area contributed by atoms with E-state index in [9.17, 15) is 10.3 Å². The second-order valence-electron chi connectivity index (χ2n) is 5.41. The lowest BCUT2D eigenvalue weighted by Crippen LogP contribution is -2.49. The topological polar surface area (TPSA) is 55.7 Å². The fourth-order valence-corrected chi connectivity index (χ4v) is 2.96. The summed E-state index contributed by atoms with van der Waals surface area (Å²) >= 11 is 0. The van der Waals surface area contributed by atoms with Crippen LogP contribution in [0.3, 0.4) is 0 Å². The van der Waals surface area contributed by atoms with Gasteiger partial charge in [0.2, 0.25) is 0 Å². The van der Waals surface area contributed by atoms with Crippen LogP contribution in [-0.4, -0.2) is 39.7 Å². The molecule has 94 valence electrons. The second-order valence-corrected chi connectivity index (χ2v) is 5.41. The maximum absolute atomic E-state index is 10.3. The van der Waals surface area contributed by atoms with E-state index < -0.39 is 6.10 Å². The van der Waals surface area contributed by atoms with Gasteiger partial charge in [-0.05, 0) is 32.6 Å². The van der Waals surface area contributed by atoms with Gasteiger partial charge in [0.1, 0.15) is 6.17 Å². The smallest absolute Gasteiger partial charge is 0.111 e. The summed E-state index contributed by atoms with van der Waals surface area (Å²) in [6.45, 7) is 4.02. The molecule has 1 heterocycles. The van der Waals surface area contributed by atoms with Gasteiger partial charge in [0.25, 0.3) is 0 Å². The van der Waals surface area contributed by atoms with E-state index in [1.54, 1.807) is 0 Å². The maximum atomic E-state index is 10.3. The zero-order valence-electron chi connectivity index (χ0n) is 10.3. The van der Waals surface area contributed by atoms with Crippen LogP contribution in [0.15, 0.2) is 0 Å². The first-order chi connectivity index (χ1) is 7.61. The molecule has 2 fully saturated rings. The van der Waals surface area contributed by atoms with Crippen LogP contribution in [0.2, 0.25) is 0 Å². The lowest BCUT2D eigenvalue weighted by atomic mass is 9.84. The molecule has 4 nitrogen and oxygen atoms in total. The number of aliphatic hydroxyl groups excluding tert-OH is 1. The molecule has 3 N–H and O–H groups in total. The fourth-order valence-electron chi connectivity index (χ4n) is 2.96. The summed E-state index contributed by atoms with van der Waals surface area (Å²) in [7, 11) is 0. The van der Waals surface area contributed by atoms with Crippen molar-refractivity contribution < 1.29 is 10.3 Å². The van der Waals surface area contributed by atoms with Gasteiger partial charge in [-0.25, -0.2) is 0 Å². The number of hydrogen-bond acceptors (Lipinski definition) is 4. The molecule has 0 spiro atoms. The molecule has 0 aromatic carbocycles. The summed E-state index contributed by atoms with van der Waals surface area (Å²) in [4.78, 5) is 0. The van der Waals surface area contributed by atoms with Crippen LogP contribution < -0.4 is 5.32 Å². The van der Waals surface area contributed by atoms with E-state index in [2.05, 4.69) is 5.32 Å². The van der Waals surface area contributed by atoms with Crippen molar-refractivity contribution in [2.45, 2.75) is 70.3 Å². The van der Waals surface area contributed by atoms with Crippen LogP contribution in [0.1, 0.15) is 46.0 Å². The molecule has 4 heteroatoms. The van der Waals surface area contributed by atoms with E-state index in [1.807, 2.05) is 13.8 Å². The highest BCUT2D eigenvalue weighted by Crippen LogP contribution is 2.30. The van der Waals surface area contributed by atoms with Gasteiger partial charge in [0.05, 0.1) is 6.10 Å². The SMILES string of the molecule is CC1NC([C@H](O)C2CCCCC2)N(O)C1C. The summed E-state index contributed by atoms with van der Waals surface area (Å²) in [5.74, 6) is 0.346. The van der Waals surface area contributed by atoms with Crippen LogP contribution in [0, 0.1) is 5.92 Å².